The summed E-state index contributed by atoms with van der Waals surface area (Å²) in [4.78, 5) is 27.4. The van der Waals surface area contributed by atoms with Gasteiger partial charge in [0.1, 0.15) is 6.04 Å². The molecule has 0 heterocycles. The van der Waals surface area contributed by atoms with Crippen LogP contribution in [0.5, 0.6) is 0 Å². The van der Waals surface area contributed by atoms with E-state index in [0.29, 0.717) is 32.5 Å². The maximum absolute atomic E-state index is 13.1. The van der Waals surface area contributed by atoms with Crippen LogP contribution in [0, 0.1) is 0 Å². The minimum Gasteiger partial charge on any atom is -0.396 e. The number of nitrogens with zero attached hydrogens (tertiary/aromatic N) is 1. The number of carbonyl (C=O) groups excluding carboxylic acids is 2. The molecule has 0 saturated heterocycles. The molecule has 0 saturated carbocycles. The number of hydrogen-bond donors (Lipinski definition) is 3. The van der Waals surface area contributed by atoms with Crippen molar-refractivity contribution in [1.29, 1.82) is 0 Å². The van der Waals surface area contributed by atoms with Gasteiger partial charge in [0.25, 0.3) is 0 Å². The Kier molecular flexibility index (Phi) is 10.5. The normalized spacial score (nSPS) is 12.2. The lowest BCUT2D eigenvalue weighted by molar-refractivity contribution is -0.140. The Morgan fingerprint density at radius 1 is 1.03 bits per heavy atom. The average Bonchev–Trinajstić information content (AvgIpc) is 2.81. The summed E-state index contributed by atoms with van der Waals surface area (Å²) in [5, 5.41) is 11.7. The molecule has 2 rings (SSSR count). The Bertz CT molecular complexity index is 995. The Labute approximate surface area is 196 Å². The maximum atomic E-state index is 13.1. The van der Waals surface area contributed by atoms with Gasteiger partial charge in [0.05, 0.1) is 4.90 Å². The second-order valence-corrected chi connectivity index (χ2v) is 9.46. The number of amides is 2. The molecular weight excluding hydrogens is 442 g/mol. The Morgan fingerprint density at radius 3 is 2.30 bits per heavy atom. The minimum absolute atomic E-state index is 0.0179. The fraction of sp³-hybridized carbons (Fsp3) is 0.417. The molecule has 0 bridgehead atoms. The molecule has 2 amide bonds. The first kappa shape index (κ1) is 26.5. The number of hydrogen-bond acceptors (Lipinski definition) is 5. The van der Waals surface area contributed by atoms with Crippen LogP contribution in [0.15, 0.2) is 59.5 Å². The summed E-state index contributed by atoms with van der Waals surface area (Å²) >= 11 is 0. The van der Waals surface area contributed by atoms with E-state index in [4.69, 9.17) is 5.11 Å². The first-order valence-corrected chi connectivity index (χ1v) is 12.6. The zero-order chi connectivity index (χ0) is 24.3. The highest BCUT2D eigenvalue weighted by Gasteiger charge is 2.25. The summed E-state index contributed by atoms with van der Waals surface area (Å²) in [5.41, 5.74) is 1.75. The van der Waals surface area contributed by atoms with Crippen LogP contribution >= 0.6 is 0 Å². The maximum Gasteiger partial charge on any atom is 0.242 e. The first-order chi connectivity index (χ1) is 15.8. The molecule has 33 heavy (non-hydrogen) atoms. The minimum atomic E-state index is -3.52. The van der Waals surface area contributed by atoms with Crippen LogP contribution in [0.2, 0.25) is 0 Å². The highest BCUT2D eigenvalue weighted by atomic mass is 32.2. The van der Waals surface area contributed by atoms with E-state index >= 15 is 0 Å². The topological polar surface area (TPSA) is 116 Å². The van der Waals surface area contributed by atoms with Gasteiger partial charge in [0.15, 0.2) is 0 Å². The molecule has 0 aliphatic carbocycles. The molecule has 0 unspecified atom stereocenters. The number of rotatable bonds is 13. The van der Waals surface area contributed by atoms with Crippen LogP contribution in [0.4, 0.5) is 0 Å². The Hall–Kier alpha value is -2.75. The lowest BCUT2D eigenvalue weighted by Gasteiger charge is -2.29. The van der Waals surface area contributed by atoms with Crippen LogP contribution < -0.4 is 10.0 Å². The molecular formula is C24H33N3O5S. The SMILES string of the molecule is CCNS(=O)(=O)c1ccc(CCC(=O)N(Cc2ccccc2)[C@@H](C)C(=O)NCCCO)cc1. The quantitative estimate of drug-likeness (QED) is 0.382. The van der Waals surface area contributed by atoms with Gasteiger partial charge < -0.3 is 15.3 Å². The van der Waals surface area contributed by atoms with Gasteiger partial charge in [-0.2, -0.15) is 0 Å². The molecule has 3 N–H and O–H groups in total. The second kappa shape index (κ2) is 13.1. The third-order valence-corrected chi connectivity index (χ3v) is 6.75. The molecule has 0 aliphatic heterocycles. The van der Waals surface area contributed by atoms with E-state index in [1.165, 1.54) is 12.1 Å². The number of carbonyl (C=O) groups is 2. The van der Waals surface area contributed by atoms with Crippen molar-refractivity contribution < 1.29 is 23.1 Å². The van der Waals surface area contributed by atoms with Gasteiger partial charge in [-0.25, -0.2) is 13.1 Å². The molecule has 2 aromatic rings. The van der Waals surface area contributed by atoms with Gasteiger partial charge in [0.2, 0.25) is 21.8 Å². The third-order valence-electron chi connectivity index (χ3n) is 5.19. The van der Waals surface area contributed by atoms with E-state index in [1.54, 1.807) is 30.9 Å². The fourth-order valence-corrected chi connectivity index (χ4v) is 4.35. The lowest BCUT2D eigenvalue weighted by Crippen LogP contribution is -2.47. The van der Waals surface area contributed by atoms with Crippen molar-refractivity contribution in [2.24, 2.45) is 0 Å². The van der Waals surface area contributed by atoms with Crippen molar-refractivity contribution in [3.63, 3.8) is 0 Å². The molecule has 180 valence electrons. The highest BCUT2D eigenvalue weighted by Crippen LogP contribution is 2.15. The number of nitrogens with one attached hydrogen (secondary N) is 2. The van der Waals surface area contributed by atoms with Gasteiger partial charge >= 0.3 is 0 Å². The molecule has 1 atom stereocenters. The van der Waals surface area contributed by atoms with Crippen molar-refractivity contribution >= 4 is 21.8 Å². The van der Waals surface area contributed by atoms with E-state index in [2.05, 4.69) is 10.0 Å². The van der Waals surface area contributed by atoms with Gasteiger partial charge in [0, 0.05) is 32.7 Å². The summed E-state index contributed by atoms with van der Waals surface area (Å²) in [5.74, 6) is -0.446. The van der Waals surface area contributed by atoms with Gasteiger partial charge in [-0.15, -0.1) is 0 Å². The molecule has 2 aromatic carbocycles. The molecule has 0 radical (unpaired) electrons. The molecule has 0 aliphatic rings. The predicted octanol–water partition coefficient (Wildman–Crippen LogP) is 1.83. The largest absolute Gasteiger partial charge is 0.396 e. The van der Waals surface area contributed by atoms with E-state index in [0.717, 1.165) is 11.1 Å². The van der Waals surface area contributed by atoms with Crippen LogP contribution in [0.25, 0.3) is 0 Å². The predicted molar refractivity (Wildman–Crippen MR) is 127 cm³/mol. The number of benzene rings is 2. The lowest BCUT2D eigenvalue weighted by atomic mass is 10.1. The summed E-state index contributed by atoms with van der Waals surface area (Å²) in [6.07, 6.45) is 1.05. The number of sulfonamides is 1. The fourth-order valence-electron chi connectivity index (χ4n) is 3.30. The molecule has 0 fully saturated rings. The highest BCUT2D eigenvalue weighted by molar-refractivity contribution is 7.89. The van der Waals surface area contributed by atoms with Gasteiger partial charge in [-0.3, -0.25) is 9.59 Å². The summed E-state index contributed by atoms with van der Waals surface area (Å²) in [6, 6.07) is 15.2. The van der Waals surface area contributed by atoms with Crippen molar-refractivity contribution in [3.8, 4) is 0 Å². The summed E-state index contributed by atoms with van der Waals surface area (Å²) in [7, 11) is -3.52. The van der Waals surface area contributed by atoms with Gasteiger partial charge in [-0.05, 0) is 43.0 Å². The average molecular weight is 476 g/mol. The number of aryl methyl sites for hydroxylation is 1. The van der Waals surface area contributed by atoms with Crippen molar-refractivity contribution in [1.82, 2.24) is 14.9 Å². The molecule has 8 nitrogen and oxygen atoms in total. The zero-order valence-electron chi connectivity index (χ0n) is 19.2. The van der Waals surface area contributed by atoms with Crippen LogP contribution in [-0.4, -0.2) is 56.0 Å². The van der Waals surface area contributed by atoms with Crippen LogP contribution in [0.3, 0.4) is 0 Å². The zero-order valence-corrected chi connectivity index (χ0v) is 20.0. The van der Waals surface area contributed by atoms with Crippen LogP contribution in [-0.2, 0) is 32.6 Å². The Morgan fingerprint density at radius 2 is 1.70 bits per heavy atom. The first-order valence-electron chi connectivity index (χ1n) is 11.1. The monoisotopic (exact) mass is 475 g/mol. The van der Waals surface area contributed by atoms with Crippen molar-refractivity contribution in [2.75, 3.05) is 19.7 Å². The van der Waals surface area contributed by atoms with E-state index in [-0.39, 0.29) is 29.7 Å². The number of aliphatic hydroxyl groups excluding tert-OH is 1. The van der Waals surface area contributed by atoms with E-state index in [1.807, 2.05) is 30.3 Å². The molecule has 0 spiro atoms. The third kappa shape index (κ3) is 8.27. The summed E-state index contributed by atoms with van der Waals surface area (Å²) < 4.78 is 26.6. The summed E-state index contributed by atoms with van der Waals surface area (Å²) in [6.45, 7) is 4.34. The van der Waals surface area contributed by atoms with E-state index in [9.17, 15) is 18.0 Å². The van der Waals surface area contributed by atoms with Crippen molar-refractivity contribution in [3.05, 3.63) is 65.7 Å². The standard InChI is InChI=1S/C24H33N3O5S/c1-3-26-33(31,32)22-13-10-20(11-14-22)12-15-23(29)27(18-21-8-5-4-6-9-21)19(2)24(30)25-16-7-17-28/h4-6,8-11,13-14,19,26,28H,3,7,12,15-18H2,1-2H3,(H,25,30)/t19-/m0/s1. The van der Waals surface area contributed by atoms with Gasteiger partial charge in [-0.1, -0.05) is 49.4 Å². The number of aliphatic hydroxyl groups is 1. The Balaban J connectivity index is 2.08. The molecule has 0 aromatic heterocycles. The van der Waals surface area contributed by atoms with Crippen molar-refractivity contribution in [2.45, 2.75) is 50.6 Å². The van der Waals surface area contributed by atoms with E-state index < -0.39 is 16.1 Å². The second-order valence-electron chi connectivity index (χ2n) is 7.70. The smallest absolute Gasteiger partial charge is 0.242 e. The molecule has 9 heteroatoms. The van der Waals surface area contributed by atoms with Crippen LogP contribution in [0.1, 0.15) is 37.8 Å².